The number of carboxylic acid groups (broad SMARTS) is 1. The standard InChI is InChI=1S/C7H14O5/c1-7(2,3)12-11-5-4-10-6(8)9/h4-5H2,1-3H3,(H,8,9). The highest BCUT2D eigenvalue weighted by molar-refractivity contribution is 5.56. The molecule has 0 aliphatic carbocycles. The van der Waals surface area contributed by atoms with Crippen molar-refractivity contribution in [2.24, 2.45) is 0 Å². The Balaban J connectivity index is 3.17. The van der Waals surface area contributed by atoms with E-state index in [9.17, 15) is 4.79 Å². The molecule has 1 N–H and O–H groups in total. The van der Waals surface area contributed by atoms with Crippen LogP contribution in [0.25, 0.3) is 0 Å². The highest BCUT2D eigenvalue weighted by atomic mass is 17.2. The molecule has 0 rings (SSSR count). The van der Waals surface area contributed by atoms with Crippen LogP contribution < -0.4 is 0 Å². The van der Waals surface area contributed by atoms with Gasteiger partial charge in [-0.2, -0.15) is 0 Å². The minimum Gasteiger partial charge on any atom is -0.450 e. The fourth-order valence-corrected chi connectivity index (χ4v) is 0.381. The Hall–Kier alpha value is -0.810. The van der Waals surface area contributed by atoms with E-state index in [2.05, 4.69) is 9.62 Å². The molecule has 5 nitrogen and oxygen atoms in total. The van der Waals surface area contributed by atoms with Gasteiger partial charge in [0.2, 0.25) is 0 Å². The summed E-state index contributed by atoms with van der Waals surface area (Å²) in [4.78, 5) is 19.3. The lowest BCUT2D eigenvalue weighted by molar-refractivity contribution is -0.350. The van der Waals surface area contributed by atoms with Gasteiger partial charge in [-0.05, 0) is 20.8 Å². The first-order valence-corrected chi connectivity index (χ1v) is 3.58. The third-order valence-corrected chi connectivity index (χ3v) is 0.701. The SMILES string of the molecule is CC(C)(C)OOCCOC(=O)O. The molecule has 0 spiro atoms. The highest BCUT2D eigenvalue weighted by Gasteiger charge is 2.11. The molecule has 0 aliphatic heterocycles. The summed E-state index contributed by atoms with van der Waals surface area (Å²) in [5.74, 6) is 0. The second kappa shape index (κ2) is 4.95. The molecular weight excluding hydrogens is 164 g/mol. The third kappa shape index (κ3) is 9.19. The summed E-state index contributed by atoms with van der Waals surface area (Å²) >= 11 is 0. The van der Waals surface area contributed by atoms with Crippen LogP contribution in [0.5, 0.6) is 0 Å². The Labute approximate surface area is 71.2 Å². The zero-order valence-corrected chi connectivity index (χ0v) is 7.49. The maximum absolute atomic E-state index is 9.84. The normalized spacial score (nSPS) is 11.2. The number of hydrogen-bond acceptors (Lipinski definition) is 4. The molecule has 12 heavy (non-hydrogen) atoms. The molecule has 0 aromatic rings. The number of ether oxygens (including phenoxy) is 1. The van der Waals surface area contributed by atoms with Crippen LogP contribution in [0.2, 0.25) is 0 Å². The summed E-state index contributed by atoms with van der Waals surface area (Å²) in [6, 6.07) is 0. The van der Waals surface area contributed by atoms with Crippen molar-refractivity contribution in [3.8, 4) is 0 Å². The van der Waals surface area contributed by atoms with Gasteiger partial charge >= 0.3 is 6.16 Å². The largest absolute Gasteiger partial charge is 0.505 e. The Bertz CT molecular complexity index is 137. The molecule has 0 aromatic carbocycles. The first-order valence-electron chi connectivity index (χ1n) is 3.58. The first-order chi connectivity index (χ1) is 5.42. The summed E-state index contributed by atoms with van der Waals surface area (Å²) in [6.07, 6.45) is -1.31. The fraction of sp³-hybridized carbons (Fsp3) is 0.857. The van der Waals surface area contributed by atoms with Crippen LogP contribution in [0.3, 0.4) is 0 Å². The van der Waals surface area contributed by atoms with Crippen LogP contribution in [0, 0.1) is 0 Å². The molecule has 0 unspecified atom stereocenters. The summed E-state index contributed by atoms with van der Waals surface area (Å²) in [6.45, 7) is 5.55. The quantitative estimate of drug-likeness (QED) is 0.305. The van der Waals surface area contributed by atoms with E-state index >= 15 is 0 Å². The fourth-order valence-electron chi connectivity index (χ4n) is 0.381. The van der Waals surface area contributed by atoms with Gasteiger partial charge in [-0.3, -0.25) is 0 Å². The van der Waals surface area contributed by atoms with E-state index in [1.807, 2.05) is 20.8 Å². The lowest BCUT2D eigenvalue weighted by Gasteiger charge is -2.16. The molecule has 0 amide bonds. The van der Waals surface area contributed by atoms with Gasteiger partial charge in [0.05, 0.1) is 5.60 Å². The Morgan fingerprint density at radius 2 is 1.92 bits per heavy atom. The molecule has 5 heteroatoms. The van der Waals surface area contributed by atoms with Crippen molar-refractivity contribution in [2.45, 2.75) is 26.4 Å². The van der Waals surface area contributed by atoms with Gasteiger partial charge in [-0.15, -0.1) is 0 Å². The van der Waals surface area contributed by atoms with Crippen molar-refractivity contribution < 1.29 is 24.4 Å². The highest BCUT2D eigenvalue weighted by Crippen LogP contribution is 2.06. The van der Waals surface area contributed by atoms with Crippen LogP contribution in [0.15, 0.2) is 0 Å². The van der Waals surface area contributed by atoms with Crippen LogP contribution >= 0.6 is 0 Å². The summed E-state index contributed by atoms with van der Waals surface area (Å²) in [5, 5.41) is 8.05. The molecule has 0 fully saturated rings. The topological polar surface area (TPSA) is 65.0 Å². The first kappa shape index (κ1) is 11.2. The van der Waals surface area contributed by atoms with E-state index in [0.717, 1.165) is 0 Å². The number of rotatable bonds is 4. The van der Waals surface area contributed by atoms with E-state index in [1.165, 1.54) is 0 Å². The molecular formula is C7H14O5. The van der Waals surface area contributed by atoms with E-state index in [4.69, 9.17) is 9.99 Å². The van der Waals surface area contributed by atoms with Crippen molar-refractivity contribution in [1.29, 1.82) is 0 Å². The van der Waals surface area contributed by atoms with Crippen LogP contribution in [-0.4, -0.2) is 30.1 Å². The lowest BCUT2D eigenvalue weighted by atomic mass is 10.2. The van der Waals surface area contributed by atoms with Gasteiger partial charge in [0.25, 0.3) is 0 Å². The van der Waals surface area contributed by atoms with Crippen molar-refractivity contribution in [3.63, 3.8) is 0 Å². The minimum absolute atomic E-state index is 0.0224. The van der Waals surface area contributed by atoms with Crippen LogP contribution in [-0.2, 0) is 14.5 Å². The minimum atomic E-state index is -1.31. The molecule has 0 radical (unpaired) electrons. The molecule has 0 heterocycles. The van der Waals surface area contributed by atoms with Crippen molar-refractivity contribution >= 4 is 6.16 Å². The van der Waals surface area contributed by atoms with Crippen molar-refractivity contribution in [1.82, 2.24) is 0 Å². The molecule has 0 saturated carbocycles. The number of hydrogen-bond donors (Lipinski definition) is 1. The third-order valence-electron chi connectivity index (χ3n) is 0.701. The maximum Gasteiger partial charge on any atom is 0.505 e. The van der Waals surface area contributed by atoms with Gasteiger partial charge in [-0.25, -0.2) is 14.6 Å². The van der Waals surface area contributed by atoms with Crippen molar-refractivity contribution in [2.75, 3.05) is 13.2 Å². The van der Waals surface area contributed by atoms with E-state index < -0.39 is 6.16 Å². The van der Waals surface area contributed by atoms with Crippen molar-refractivity contribution in [3.05, 3.63) is 0 Å². The van der Waals surface area contributed by atoms with E-state index in [1.54, 1.807) is 0 Å². The maximum atomic E-state index is 9.84. The van der Waals surface area contributed by atoms with Gasteiger partial charge < -0.3 is 9.84 Å². The summed E-state index contributed by atoms with van der Waals surface area (Å²) in [7, 11) is 0. The Kier molecular flexibility index (Phi) is 4.61. The average molecular weight is 178 g/mol. The van der Waals surface area contributed by atoms with Crippen LogP contribution in [0.4, 0.5) is 4.79 Å². The lowest BCUT2D eigenvalue weighted by Crippen LogP contribution is -2.21. The van der Waals surface area contributed by atoms with E-state index in [0.29, 0.717) is 0 Å². The predicted octanol–water partition coefficient (Wildman–Crippen LogP) is 1.43. The Morgan fingerprint density at radius 1 is 1.33 bits per heavy atom. The zero-order chi connectivity index (χ0) is 9.61. The second-order valence-electron chi connectivity index (χ2n) is 3.13. The average Bonchev–Trinajstić information content (AvgIpc) is 1.83. The molecule has 0 aliphatic rings. The zero-order valence-electron chi connectivity index (χ0n) is 7.49. The molecule has 72 valence electrons. The smallest absolute Gasteiger partial charge is 0.450 e. The molecule has 0 saturated heterocycles. The van der Waals surface area contributed by atoms with Gasteiger partial charge in [-0.1, -0.05) is 0 Å². The van der Waals surface area contributed by atoms with Crippen LogP contribution in [0.1, 0.15) is 20.8 Å². The molecule has 0 bridgehead atoms. The number of carbonyl (C=O) groups is 1. The monoisotopic (exact) mass is 178 g/mol. The van der Waals surface area contributed by atoms with Gasteiger partial charge in [0, 0.05) is 0 Å². The van der Waals surface area contributed by atoms with Gasteiger partial charge in [0.15, 0.2) is 0 Å². The van der Waals surface area contributed by atoms with E-state index in [-0.39, 0.29) is 18.8 Å². The molecule has 0 atom stereocenters. The predicted molar refractivity (Wildman–Crippen MR) is 40.8 cm³/mol. The molecule has 0 aromatic heterocycles. The summed E-state index contributed by atoms with van der Waals surface area (Å²) < 4.78 is 4.17. The second-order valence-corrected chi connectivity index (χ2v) is 3.13. The Morgan fingerprint density at radius 3 is 2.33 bits per heavy atom. The van der Waals surface area contributed by atoms with Gasteiger partial charge in [0.1, 0.15) is 13.2 Å². The summed E-state index contributed by atoms with van der Waals surface area (Å²) in [5.41, 5.74) is -0.386.